The van der Waals surface area contributed by atoms with Crippen molar-refractivity contribution in [2.75, 3.05) is 6.61 Å². The van der Waals surface area contributed by atoms with E-state index >= 15 is 0 Å². The van der Waals surface area contributed by atoms with Gasteiger partial charge in [0.25, 0.3) is 0 Å². The molecule has 0 aliphatic heterocycles. The molecule has 0 aliphatic rings. The van der Waals surface area contributed by atoms with Crippen LogP contribution in [0, 0.1) is 12.3 Å². The molecule has 0 fully saturated rings. The molecule has 1 heteroatoms. The fourth-order valence-electron chi connectivity index (χ4n) is 0.982. The monoisotopic (exact) mass is 174 g/mol. The highest BCUT2D eigenvalue weighted by Gasteiger charge is 1.92. The van der Waals surface area contributed by atoms with Crippen LogP contribution in [0.5, 0.6) is 5.75 Å². The molecule has 0 N–H and O–H groups in total. The van der Waals surface area contributed by atoms with Crippen molar-refractivity contribution in [3.63, 3.8) is 0 Å². The lowest BCUT2D eigenvalue weighted by Crippen LogP contribution is -1.95. The second-order valence-corrected chi connectivity index (χ2v) is 2.87. The summed E-state index contributed by atoms with van der Waals surface area (Å²) < 4.78 is 5.48. The van der Waals surface area contributed by atoms with E-state index in [1.165, 1.54) is 0 Å². The van der Waals surface area contributed by atoms with Gasteiger partial charge in [0.05, 0.1) is 6.61 Å². The predicted molar refractivity (Wildman–Crippen MR) is 54.8 cm³/mol. The Kier molecular flexibility index (Phi) is 3.92. The Morgan fingerprint density at radius 1 is 1.31 bits per heavy atom. The Hall–Kier alpha value is -1.42. The Bertz CT molecular complexity index is 279. The Morgan fingerprint density at radius 2 is 2.00 bits per heavy atom. The van der Waals surface area contributed by atoms with Crippen molar-refractivity contribution in [1.29, 1.82) is 0 Å². The molecule has 13 heavy (non-hydrogen) atoms. The number of hydrogen-bond donors (Lipinski definition) is 0. The van der Waals surface area contributed by atoms with Gasteiger partial charge in [-0.2, -0.15) is 0 Å². The van der Waals surface area contributed by atoms with E-state index in [4.69, 9.17) is 11.2 Å². The molecule has 1 rings (SSSR count). The molecular formula is C12H14O. The summed E-state index contributed by atoms with van der Waals surface area (Å²) in [6, 6.07) is 7.60. The van der Waals surface area contributed by atoms with E-state index in [0.29, 0.717) is 0 Å². The van der Waals surface area contributed by atoms with Crippen LogP contribution in [0.3, 0.4) is 0 Å². The van der Waals surface area contributed by atoms with Crippen LogP contribution in [-0.2, 0) is 0 Å². The Morgan fingerprint density at radius 3 is 2.54 bits per heavy atom. The van der Waals surface area contributed by atoms with E-state index in [0.717, 1.165) is 30.8 Å². The summed E-state index contributed by atoms with van der Waals surface area (Å²) in [5.74, 6) is 3.46. The highest BCUT2D eigenvalue weighted by Crippen LogP contribution is 2.11. The van der Waals surface area contributed by atoms with Crippen molar-refractivity contribution in [2.45, 2.75) is 19.8 Å². The first kappa shape index (κ1) is 9.67. The zero-order chi connectivity index (χ0) is 9.52. The molecule has 1 nitrogen and oxygen atoms in total. The van der Waals surface area contributed by atoms with Crippen LogP contribution in [0.25, 0.3) is 0 Å². The normalized spacial score (nSPS) is 9.23. The van der Waals surface area contributed by atoms with E-state index in [9.17, 15) is 0 Å². The van der Waals surface area contributed by atoms with Gasteiger partial charge in [-0.05, 0) is 30.7 Å². The zero-order valence-electron chi connectivity index (χ0n) is 7.92. The summed E-state index contributed by atoms with van der Waals surface area (Å²) in [6.45, 7) is 2.93. The second kappa shape index (κ2) is 5.27. The summed E-state index contributed by atoms with van der Waals surface area (Å²) in [7, 11) is 0. The first-order valence-corrected chi connectivity index (χ1v) is 4.56. The maximum absolute atomic E-state index is 5.48. The molecule has 0 saturated carbocycles. The zero-order valence-corrected chi connectivity index (χ0v) is 7.92. The highest BCUT2D eigenvalue weighted by molar-refractivity contribution is 5.36. The fourth-order valence-corrected chi connectivity index (χ4v) is 0.982. The van der Waals surface area contributed by atoms with Crippen molar-refractivity contribution in [2.24, 2.45) is 0 Å². The van der Waals surface area contributed by atoms with E-state index in [2.05, 4.69) is 12.8 Å². The molecule has 0 aromatic heterocycles. The maximum atomic E-state index is 5.48. The molecule has 0 amide bonds. The smallest absolute Gasteiger partial charge is 0.119 e. The lowest BCUT2D eigenvalue weighted by molar-refractivity contribution is 0.309. The minimum atomic E-state index is 0.784. The van der Waals surface area contributed by atoms with E-state index in [-0.39, 0.29) is 0 Å². The highest BCUT2D eigenvalue weighted by atomic mass is 16.5. The third-order valence-corrected chi connectivity index (χ3v) is 1.79. The molecule has 0 saturated heterocycles. The van der Waals surface area contributed by atoms with Gasteiger partial charge in [0.15, 0.2) is 0 Å². The average Bonchev–Trinajstić information content (AvgIpc) is 2.19. The number of ether oxygens (including phenoxy) is 1. The molecule has 0 unspecified atom stereocenters. The maximum Gasteiger partial charge on any atom is 0.119 e. The molecular weight excluding hydrogens is 160 g/mol. The van der Waals surface area contributed by atoms with Gasteiger partial charge >= 0.3 is 0 Å². The van der Waals surface area contributed by atoms with Crippen molar-refractivity contribution in [3.8, 4) is 18.1 Å². The summed E-state index contributed by atoms with van der Waals surface area (Å²) in [6.07, 6.45) is 7.48. The van der Waals surface area contributed by atoms with Crippen molar-refractivity contribution in [1.82, 2.24) is 0 Å². The number of hydrogen-bond acceptors (Lipinski definition) is 1. The second-order valence-electron chi connectivity index (χ2n) is 2.87. The summed E-state index contributed by atoms with van der Waals surface area (Å²) in [4.78, 5) is 0. The first-order valence-electron chi connectivity index (χ1n) is 4.56. The number of terminal acetylenes is 1. The van der Waals surface area contributed by atoms with Crippen LogP contribution in [-0.4, -0.2) is 6.61 Å². The first-order chi connectivity index (χ1) is 6.36. The van der Waals surface area contributed by atoms with E-state index in [1.54, 1.807) is 0 Å². The Balaban J connectivity index is 2.46. The number of benzene rings is 1. The molecule has 68 valence electrons. The average molecular weight is 174 g/mol. The molecule has 0 bridgehead atoms. The van der Waals surface area contributed by atoms with Crippen LogP contribution in [0.4, 0.5) is 0 Å². The molecule has 0 aliphatic carbocycles. The van der Waals surface area contributed by atoms with Crippen molar-refractivity contribution in [3.05, 3.63) is 29.8 Å². The molecule has 1 aromatic rings. The van der Waals surface area contributed by atoms with Crippen molar-refractivity contribution >= 4 is 0 Å². The van der Waals surface area contributed by atoms with Gasteiger partial charge in [-0.3, -0.25) is 0 Å². The van der Waals surface area contributed by atoms with Gasteiger partial charge in [-0.1, -0.05) is 19.3 Å². The largest absolute Gasteiger partial charge is 0.494 e. The van der Waals surface area contributed by atoms with Gasteiger partial charge in [0, 0.05) is 5.56 Å². The van der Waals surface area contributed by atoms with Gasteiger partial charge in [0.1, 0.15) is 5.75 Å². The summed E-state index contributed by atoms with van der Waals surface area (Å²) in [5.41, 5.74) is 0.892. The standard InChI is InChI=1S/C12H14O/c1-3-5-10-13-12-8-6-11(4-2)7-9-12/h2,6-9H,3,5,10H2,1H3. The Labute approximate surface area is 79.7 Å². The van der Waals surface area contributed by atoms with Gasteiger partial charge < -0.3 is 4.74 Å². The van der Waals surface area contributed by atoms with E-state index < -0.39 is 0 Å². The fraction of sp³-hybridized carbons (Fsp3) is 0.333. The minimum absolute atomic E-state index is 0.784. The minimum Gasteiger partial charge on any atom is -0.494 e. The van der Waals surface area contributed by atoms with Gasteiger partial charge in [-0.25, -0.2) is 0 Å². The van der Waals surface area contributed by atoms with Crippen LogP contribution < -0.4 is 4.74 Å². The van der Waals surface area contributed by atoms with Crippen LogP contribution >= 0.6 is 0 Å². The van der Waals surface area contributed by atoms with Crippen LogP contribution in [0.2, 0.25) is 0 Å². The summed E-state index contributed by atoms with van der Waals surface area (Å²) >= 11 is 0. The molecule has 0 heterocycles. The van der Waals surface area contributed by atoms with Gasteiger partial charge in [-0.15, -0.1) is 6.42 Å². The molecule has 0 radical (unpaired) electrons. The SMILES string of the molecule is C#Cc1ccc(OCCCC)cc1. The molecule has 1 aromatic carbocycles. The van der Waals surface area contributed by atoms with Crippen LogP contribution in [0.1, 0.15) is 25.3 Å². The quantitative estimate of drug-likeness (QED) is 0.504. The summed E-state index contributed by atoms with van der Waals surface area (Å²) in [5, 5.41) is 0. The predicted octanol–water partition coefficient (Wildman–Crippen LogP) is 2.85. The van der Waals surface area contributed by atoms with Crippen molar-refractivity contribution < 1.29 is 4.74 Å². The third kappa shape index (κ3) is 3.21. The van der Waals surface area contributed by atoms with E-state index in [1.807, 2.05) is 24.3 Å². The lowest BCUT2D eigenvalue weighted by Gasteiger charge is -2.04. The number of rotatable bonds is 4. The van der Waals surface area contributed by atoms with Gasteiger partial charge in [0.2, 0.25) is 0 Å². The lowest BCUT2D eigenvalue weighted by atomic mass is 10.2. The van der Waals surface area contributed by atoms with Crippen LogP contribution in [0.15, 0.2) is 24.3 Å². The third-order valence-electron chi connectivity index (χ3n) is 1.79. The molecule has 0 atom stereocenters. The number of unbranched alkanes of at least 4 members (excludes halogenated alkanes) is 1. The molecule has 0 spiro atoms. The topological polar surface area (TPSA) is 9.23 Å².